The van der Waals surface area contributed by atoms with Gasteiger partial charge in [0.05, 0.1) is 0 Å². The maximum Gasteiger partial charge on any atom is 0.252 e. The lowest BCUT2D eigenvalue weighted by molar-refractivity contribution is 0.835. The summed E-state index contributed by atoms with van der Waals surface area (Å²) in [6.07, 6.45) is 5.44. The SMILES string of the molecule is CCc1cnc2nc(CCN)nn2c1. The summed E-state index contributed by atoms with van der Waals surface area (Å²) in [5, 5.41) is 4.27. The van der Waals surface area contributed by atoms with Gasteiger partial charge in [-0.25, -0.2) is 9.50 Å². The van der Waals surface area contributed by atoms with Crippen molar-refractivity contribution in [3.8, 4) is 0 Å². The first kappa shape index (κ1) is 9.08. The van der Waals surface area contributed by atoms with E-state index in [9.17, 15) is 0 Å². The Bertz CT molecular complexity index is 434. The molecular weight excluding hydrogens is 178 g/mol. The summed E-state index contributed by atoms with van der Waals surface area (Å²) in [7, 11) is 0. The summed E-state index contributed by atoms with van der Waals surface area (Å²) >= 11 is 0. The summed E-state index contributed by atoms with van der Waals surface area (Å²) in [6.45, 7) is 2.65. The van der Waals surface area contributed by atoms with Crippen LogP contribution in [0, 0.1) is 0 Å². The highest BCUT2D eigenvalue weighted by Crippen LogP contribution is 2.02. The fourth-order valence-electron chi connectivity index (χ4n) is 1.28. The molecule has 0 aliphatic rings. The zero-order valence-corrected chi connectivity index (χ0v) is 8.14. The minimum atomic E-state index is 0.567. The molecule has 0 fully saturated rings. The van der Waals surface area contributed by atoms with Crippen molar-refractivity contribution < 1.29 is 0 Å². The van der Waals surface area contributed by atoms with Crippen molar-refractivity contribution in [3.63, 3.8) is 0 Å². The summed E-state index contributed by atoms with van der Waals surface area (Å²) in [5.41, 5.74) is 6.58. The molecule has 0 radical (unpaired) electrons. The molecule has 0 spiro atoms. The van der Waals surface area contributed by atoms with Crippen LogP contribution in [-0.4, -0.2) is 26.1 Å². The summed E-state index contributed by atoms with van der Waals surface area (Å²) in [5.74, 6) is 1.40. The Balaban J connectivity index is 2.43. The van der Waals surface area contributed by atoms with Crippen LogP contribution >= 0.6 is 0 Å². The van der Waals surface area contributed by atoms with Gasteiger partial charge in [0.2, 0.25) is 0 Å². The van der Waals surface area contributed by atoms with Gasteiger partial charge in [0.15, 0.2) is 5.82 Å². The largest absolute Gasteiger partial charge is 0.330 e. The second-order valence-corrected chi connectivity index (χ2v) is 3.13. The van der Waals surface area contributed by atoms with Gasteiger partial charge >= 0.3 is 0 Å². The van der Waals surface area contributed by atoms with Crippen molar-refractivity contribution >= 4 is 5.78 Å². The topological polar surface area (TPSA) is 69.1 Å². The number of hydrogen-bond donors (Lipinski definition) is 1. The smallest absolute Gasteiger partial charge is 0.252 e. The maximum atomic E-state index is 5.43. The van der Waals surface area contributed by atoms with Gasteiger partial charge < -0.3 is 5.73 Å². The molecule has 2 rings (SSSR count). The van der Waals surface area contributed by atoms with E-state index in [1.165, 1.54) is 0 Å². The zero-order valence-electron chi connectivity index (χ0n) is 8.14. The van der Waals surface area contributed by atoms with E-state index in [0.29, 0.717) is 18.7 Å². The van der Waals surface area contributed by atoms with Crippen LogP contribution in [0.1, 0.15) is 18.3 Å². The van der Waals surface area contributed by atoms with Crippen LogP contribution < -0.4 is 5.73 Å². The number of fused-ring (bicyclic) bond motifs is 1. The number of aromatic nitrogens is 4. The van der Waals surface area contributed by atoms with E-state index < -0.39 is 0 Å². The molecule has 5 heteroatoms. The second-order valence-electron chi connectivity index (χ2n) is 3.13. The zero-order chi connectivity index (χ0) is 9.97. The van der Waals surface area contributed by atoms with E-state index in [1.807, 2.05) is 12.4 Å². The van der Waals surface area contributed by atoms with Crippen molar-refractivity contribution in [3.05, 3.63) is 23.8 Å². The van der Waals surface area contributed by atoms with Gasteiger partial charge in [-0.3, -0.25) is 0 Å². The molecule has 0 amide bonds. The highest BCUT2D eigenvalue weighted by molar-refractivity contribution is 5.27. The van der Waals surface area contributed by atoms with Crippen molar-refractivity contribution in [2.24, 2.45) is 5.73 Å². The quantitative estimate of drug-likeness (QED) is 0.751. The molecule has 0 saturated carbocycles. The third kappa shape index (κ3) is 1.58. The molecule has 0 aliphatic carbocycles. The number of hydrogen-bond acceptors (Lipinski definition) is 4. The van der Waals surface area contributed by atoms with Gasteiger partial charge in [0, 0.05) is 18.8 Å². The van der Waals surface area contributed by atoms with Crippen LogP contribution in [0.5, 0.6) is 0 Å². The molecule has 74 valence electrons. The van der Waals surface area contributed by atoms with Crippen LogP contribution in [0.4, 0.5) is 0 Å². The van der Waals surface area contributed by atoms with Crippen LogP contribution in [-0.2, 0) is 12.8 Å². The minimum Gasteiger partial charge on any atom is -0.330 e. The first-order valence-electron chi connectivity index (χ1n) is 4.73. The van der Waals surface area contributed by atoms with Gasteiger partial charge in [-0.1, -0.05) is 6.92 Å². The van der Waals surface area contributed by atoms with Crippen LogP contribution in [0.25, 0.3) is 5.78 Å². The molecule has 2 heterocycles. The van der Waals surface area contributed by atoms with Gasteiger partial charge in [-0.2, -0.15) is 4.98 Å². The van der Waals surface area contributed by atoms with Gasteiger partial charge in [0.25, 0.3) is 5.78 Å². The van der Waals surface area contributed by atoms with E-state index in [1.54, 1.807) is 4.52 Å². The normalized spacial score (nSPS) is 11.0. The predicted octanol–water partition coefficient (Wildman–Crippen LogP) is 0.188. The lowest BCUT2D eigenvalue weighted by atomic mass is 10.3. The monoisotopic (exact) mass is 191 g/mol. The minimum absolute atomic E-state index is 0.567. The highest BCUT2D eigenvalue weighted by Gasteiger charge is 2.03. The number of aryl methyl sites for hydroxylation is 1. The van der Waals surface area contributed by atoms with E-state index >= 15 is 0 Å². The van der Waals surface area contributed by atoms with Gasteiger partial charge in [0.1, 0.15) is 0 Å². The average Bonchev–Trinajstić information content (AvgIpc) is 2.59. The highest BCUT2D eigenvalue weighted by atomic mass is 15.3. The van der Waals surface area contributed by atoms with Crippen molar-refractivity contribution in [1.29, 1.82) is 0 Å². The molecule has 0 aromatic carbocycles. The summed E-state index contributed by atoms with van der Waals surface area (Å²) < 4.78 is 1.71. The second kappa shape index (κ2) is 3.71. The van der Waals surface area contributed by atoms with Crippen LogP contribution in [0.2, 0.25) is 0 Å². The number of nitrogens with two attached hydrogens (primary N) is 1. The standard InChI is InChI=1S/C9H13N5/c1-2-7-5-11-9-12-8(3-4-10)13-14(9)6-7/h5-6H,2-4,10H2,1H3. The molecule has 0 bridgehead atoms. The Morgan fingerprint density at radius 3 is 3.07 bits per heavy atom. The summed E-state index contributed by atoms with van der Waals surface area (Å²) in [6, 6.07) is 0. The van der Waals surface area contributed by atoms with E-state index in [0.717, 1.165) is 17.8 Å². The molecule has 0 aliphatic heterocycles. The molecule has 5 nitrogen and oxygen atoms in total. The predicted molar refractivity (Wildman–Crippen MR) is 52.9 cm³/mol. The first-order valence-corrected chi connectivity index (χ1v) is 4.73. The fourth-order valence-corrected chi connectivity index (χ4v) is 1.28. The molecule has 2 aromatic rings. The molecule has 14 heavy (non-hydrogen) atoms. The molecule has 0 saturated heterocycles. The summed E-state index contributed by atoms with van der Waals surface area (Å²) in [4.78, 5) is 8.44. The van der Waals surface area contributed by atoms with Crippen molar-refractivity contribution in [2.75, 3.05) is 6.54 Å². The fraction of sp³-hybridized carbons (Fsp3) is 0.444. The third-order valence-corrected chi connectivity index (χ3v) is 2.07. The third-order valence-electron chi connectivity index (χ3n) is 2.07. The molecule has 0 atom stereocenters. The van der Waals surface area contributed by atoms with Crippen molar-refractivity contribution in [1.82, 2.24) is 19.6 Å². The Kier molecular flexibility index (Phi) is 2.41. The van der Waals surface area contributed by atoms with E-state index in [-0.39, 0.29) is 0 Å². The maximum absolute atomic E-state index is 5.43. The van der Waals surface area contributed by atoms with Crippen LogP contribution in [0.15, 0.2) is 12.4 Å². The molecule has 0 unspecified atom stereocenters. The lowest BCUT2D eigenvalue weighted by Crippen LogP contribution is -2.04. The van der Waals surface area contributed by atoms with Gasteiger partial charge in [-0.15, -0.1) is 5.10 Å². The number of nitrogens with zero attached hydrogens (tertiary/aromatic N) is 4. The Morgan fingerprint density at radius 1 is 1.50 bits per heavy atom. The van der Waals surface area contributed by atoms with E-state index in [4.69, 9.17) is 5.73 Å². The number of rotatable bonds is 3. The molecule has 2 aromatic heterocycles. The van der Waals surface area contributed by atoms with E-state index in [2.05, 4.69) is 22.0 Å². The lowest BCUT2D eigenvalue weighted by Gasteiger charge is -1.94. The Hall–Kier alpha value is -1.49. The van der Waals surface area contributed by atoms with Crippen LogP contribution in [0.3, 0.4) is 0 Å². The van der Waals surface area contributed by atoms with Gasteiger partial charge in [-0.05, 0) is 18.5 Å². The Morgan fingerprint density at radius 2 is 2.36 bits per heavy atom. The van der Waals surface area contributed by atoms with Crippen molar-refractivity contribution in [2.45, 2.75) is 19.8 Å². The first-order chi connectivity index (χ1) is 6.83. The average molecular weight is 191 g/mol. The molecular formula is C9H13N5. The molecule has 2 N–H and O–H groups in total. The Labute approximate surface area is 82.0 Å².